The molecule has 1 aliphatic rings. The van der Waals surface area contributed by atoms with E-state index >= 15 is 0 Å². The van der Waals surface area contributed by atoms with Crippen LogP contribution in [0.3, 0.4) is 0 Å². The second-order valence-electron chi connectivity index (χ2n) is 5.39. The summed E-state index contributed by atoms with van der Waals surface area (Å²) in [6.07, 6.45) is 2.59. The number of carbonyl (C=O) groups excluding carboxylic acids is 1. The van der Waals surface area contributed by atoms with Crippen molar-refractivity contribution in [2.24, 2.45) is 16.6 Å². The molecule has 0 aliphatic carbocycles. The fourth-order valence-electron chi connectivity index (χ4n) is 2.70. The first kappa shape index (κ1) is 19.1. The van der Waals surface area contributed by atoms with Crippen LogP contribution < -0.4 is 11.1 Å². The standard InChI is InChI=1S/C14H23N5OS.HI/c1-10-12(21-9-18-10)7-17-14(16-2)19-5-3-4-11(8-19)6-13(15)20;/h9,11H,3-8H2,1-2H3,(H2,15,20)(H,16,17);1H. The van der Waals surface area contributed by atoms with Gasteiger partial charge in [-0.2, -0.15) is 0 Å². The average molecular weight is 437 g/mol. The predicted molar refractivity (Wildman–Crippen MR) is 101 cm³/mol. The van der Waals surface area contributed by atoms with E-state index in [1.165, 1.54) is 4.88 Å². The molecule has 1 atom stereocenters. The summed E-state index contributed by atoms with van der Waals surface area (Å²) in [5.74, 6) is 1.00. The summed E-state index contributed by atoms with van der Waals surface area (Å²) >= 11 is 1.65. The van der Waals surface area contributed by atoms with E-state index < -0.39 is 0 Å². The van der Waals surface area contributed by atoms with Gasteiger partial charge in [0.15, 0.2) is 5.96 Å². The summed E-state index contributed by atoms with van der Waals surface area (Å²) in [5.41, 5.74) is 8.23. The van der Waals surface area contributed by atoms with Crippen LogP contribution in [0.4, 0.5) is 0 Å². The molecule has 2 rings (SSSR count). The van der Waals surface area contributed by atoms with E-state index in [0.29, 0.717) is 12.3 Å². The van der Waals surface area contributed by atoms with Gasteiger partial charge < -0.3 is 16.0 Å². The molecule has 1 fully saturated rings. The van der Waals surface area contributed by atoms with Crippen molar-refractivity contribution in [2.75, 3.05) is 20.1 Å². The molecule has 1 aromatic rings. The Bertz CT molecular complexity index is 519. The molecule has 1 aliphatic heterocycles. The van der Waals surface area contributed by atoms with Crippen molar-refractivity contribution in [3.63, 3.8) is 0 Å². The van der Waals surface area contributed by atoms with Gasteiger partial charge in [-0.3, -0.25) is 9.79 Å². The monoisotopic (exact) mass is 437 g/mol. The zero-order valence-electron chi connectivity index (χ0n) is 13.0. The Kier molecular flexibility index (Phi) is 8.08. The van der Waals surface area contributed by atoms with Gasteiger partial charge in [0.25, 0.3) is 0 Å². The Labute approximate surface area is 152 Å². The van der Waals surface area contributed by atoms with Gasteiger partial charge in [0.05, 0.1) is 17.7 Å². The number of guanidine groups is 1. The Balaban J connectivity index is 0.00000242. The summed E-state index contributed by atoms with van der Waals surface area (Å²) in [4.78, 5) is 23.1. The highest BCUT2D eigenvalue weighted by atomic mass is 127. The van der Waals surface area contributed by atoms with E-state index in [0.717, 1.165) is 44.1 Å². The molecule has 22 heavy (non-hydrogen) atoms. The van der Waals surface area contributed by atoms with E-state index in [1.807, 2.05) is 12.4 Å². The number of nitrogens with zero attached hydrogens (tertiary/aromatic N) is 3. The maximum absolute atomic E-state index is 11.1. The number of halogens is 1. The van der Waals surface area contributed by atoms with Crippen LogP contribution in [0.15, 0.2) is 10.5 Å². The minimum atomic E-state index is -0.218. The van der Waals surface area contributed by atoms with Gasteiger partial charge in [-0.25, -0.2) is 4.98 Å². The molecule has 1 aromatic heterocycles. The van der Waals surface area contributed by atoms with E-state index in [-0.39, 0.29) is 29.9 Å². The van der Waals surface area contributed by atoms with Crippen LogP contribution in [-0.4, -0.2) is 41.9 Å². The van der Waals surface area contributed by atoms with Crippen LogP contribution >= 0.6 is 35.3 Å². The third-order valence-corrected chi connectivity index (χ3v) is 4.71. The first-order valence-corrected chi connectivity index (χ1v) is 8.11. The number of piperidine rings is 1. The number of rotatable bonds is 4. The number of thiazole rings is 1. The molecule has 0 radical (unpaired) electrons. The van der Waals surface area contributed by atoms with Crippen molar-refractivity contribution in [1.29, 1.82) is 0 Å². The molecule has 0 saturated carbocycles. The fourth-order valence-corrected chi connectivity index (χ4v) is 3.41. The summed E-state index contributed by atoms with van der Waals surface area (Å²) in [6, 6.07) is 0. The highest BCUT2D eigenvalue weighted by Gasteiger charge is 2.23. The van der Waals surface area contributed by atoms with E-state index in [4.69, 9.17) is 5.73 Å². The lowest BCUT2D eigenvalue weighted by Gasteiger charge is -2.34. The van der Waals surface area contributed by atoms with E-state index in [2.05, 4.69) is 20.2 Å². The molecule has 8 heteroatoms. The van der Waals surface area contributed by atoms with Gasteiger partial charge >= 0.3 is 0 Å². The second-order valence-corrected chi connectivity index (χ2v) is 6.33. The zero-order valence-corrected chi connectivity index (χ0v) is 16.2. The maximum Gasteiger partial charge on any atom is 0.217 e. The molecule has 1 amide bonds. The Morgan fingerprint density at radius 2 is 2.41 bits per heavy atom. The molecule has 0 aromatic carbocycles. The fraction of sp³-hybridized carbons (Fsp3) is 0.643. The molecule has 2 heterocycles. The first-order valence-electron chi connectivity index (χ1n) is 7.23. The number of carbonyl (C=O) groups is 1. The Hall–Kier alpha value is -0.900. The lowest BCUT2D eigenvalue weighted by atomic mass is 9.95. The van der Waals surface area contributed by atoms with Crippen LogP contribution in [0, 0.1) is 12.8 Å². The summed E-state index contributed by atoms with van der Waals surface area (Å²) in [6.45, 7) is 4.56. The van der Waals surface area contributed by atoms with Crippen LogP contribution in [0.25, 0.3) is 0 Å². The zero-order chi connectivity index (χ0) is 15.2. The number of hydrogen-bond acceptors (Lipinski definition) is 4. The first-order chi connectivity index (χ1) is 10.1. The van der Waals surface area contributed by atoms with Gasteiger partial charge in [-0.05, 0) is 25.7 Å². The van der Waals surface area contributed by atoms with Gasteiger partial charge in [-0.1, -0.05) is 0 Å². The third-order valence-electron chi connectivity index (χ3n) is 3.77. The number of nitrogens with two attached hydrogens (primary N) is 1. The number of nitrogens with one attached hydrogen (secondary N) is 1. The van der Waals surface area contributed by atoms with Crippen LogP contribution in [0.5, 0.6) is 0 Å². The SMILES string of the molecule is CN=C(NCc1scnc1C)N1CCCC(CC(N)=O)C1.I. The van der Waals surface area contributed by atoms with Gasteiger partial charge in [-0.15, -0.1) is 35.3 Å². The number of hydrogen-bond donors (Lipinski definition) is 2. The molecule has 0 bridgehead atoms. The van der Waals surface area contributed by atoms with Crippen LogP contribution in [0.1, 0.15) is 29.8 Å². The average Bonchev–Trinajstić information content (AvgIpc) is 2.85. The molecular weight excluding hydrogens is 413 g/mol. The lowest BCUT2D eigenvalue weighted by Crippen LogP contribution is -2.46. The largest absolute Gasteiger partial charge is 0.370 e. The van der Waals surface area contributed by atoms with Crippen molar-refractivity contribution in [1.82, 2.24) is 15.2 Å². The van der Waals surface area contributed by atoms with Gasteiger partial charge in [0.1, 0.15) is 0 Å². The third kappa shape index (κ3) is 5.38. The molecule has 124 valence electrons. The number of amides is 1. The van der Waals surface area contributed by atoms with Crippen LogP contribution in [-0.2, 0) is 11.3 Å². The molecule has 3 N–H and O–H groups in total. The summed E-state index contributed by atoms with van der Waals surface area (Å²) in [7, 11) is 1.79. The minimum Gasteiger partial charge on any atom is -0.370 e. The molecule has 0 spiro atoms. The highest BCUT2D eigenvalue weighted by Crippen LogP contribution is 2.19. The normalized spacial score (nSPS) is 18.7. The second kappa shape index (κ2) is 9.29. The van der Waals surface area contributed by atoms with Crippen molar-refractivity contribution in [3.8, 4) is 0 Å². The highest BCUT2D eigenvalue weighted by molar-refractivity contribution is 14.0. The summed E-state index contributed by atoms with van der Waals surface area (Å²) < 4.78 is 0. The van der Waals surface area contributed by atoms with Crippen molar-refractivity contribution in [3.05, 3.63) is 16.1 Å². The Morgan fingerprint density at radius 3 is 3.00 bits per heavy atom. The molecule has 6 nitrogen and oxygen atoms in total. The van der Waals surface area contributed by atoms with Crippen molar-refractivity contribution < 1.29 is 4.79 Å². The molecule has 1 unspecified atom stereocenters. The van der Waals surface area contributed by atoms with Gasteiger partial charge in [0.2, 0.25) is 5.91 Å². The number of primary amides is 1. The van der Waals surface area contributed by atoms with Crippen molar-refractivity contribution >= 4 is 47.2 Å². The number of aliphatic imine (C=N–C) groups is 1. The topological polar surface area (TPSA) is 83.6 Å². The van der Waals surface area contributed by atoms with Crippen LogP contribution in [0.2, 0.25) is 0 Å². The Morgan fingerprint density at radius 1 is 1.64 bits per heavy atom. The maximum atomic E-state index is 11.1. The lowest BCUT2D eigenvalue weighted by molar-refractivity contribution is -0.119. The summed E-state index contributed by atoms with van der Waals surface area (Å²) in [5, 5.41) is 3.39. The number of aryl methyl sites for hydroxylation is 1. The number of likely N-dealkylation sites (tertiary alicyclic amines) is 1. The minimum absolute atomic E-state index is 0. The smallest absolute Gasteiger partial charge is 0.217 e. The molecule has 1 saturated heterocycles. The molecular formula is C14H24IN5OS. The van der Waals surface area contributed by atoms with E-state index in [9.17, 15) is 4.79 Å². The number of aromatic nitrogens is 1. The van der Waals surface area contributed by atoms with Crippen molar-refractivity contribution in [2.45, 2.75) is 32.7 Å². The predicted octanol–water partition coefficient (Wildman–Crippen LogP) is 1.73. The quantitative estimate of drug-likeness (QED) is 0.427. The van der Waals surface area contributed by atoms with Gasteiger partial charge in [0, 0.05) is 31.4 Å². The van der Waals surface area contributed by atoms with E-state index in [1.54, 1.807) is 18.4 Å².